The van der Waals surface area contributed by atoms with Gasteiger partial charge in [0.15, 0.2) is 0 Å². The van der Waals surface area contributed by atoms with Crippen molar-refractivity contribution < 1.29 is 0 Å². The highest BCUT2D eigenvalue weighted by Crippen LogP contribution is 2.13. The van der Waals surface area contributed by atoms with E-state index in [9.17, 15) is 0 Å². The Morgan fingerprint density at radius 2 is 1.54 bits per heavy atom. The molecule has 2 N–H and O–H groups in total. The van der Waals surface area contributed by atoms with Gasteiger partial charge in [-0.15, -0.1) is 0 Å². The molecule has 4 heteroatoms. The second-order valence-corrected chi connectivity index (χ2v) is 8.19. The minimum absolute atomic E-state index is 0.117. The number of unbranched alkanes of at least 4 members (excludes halogenated alkanes) is 13. The summed E-state index contributed by atoms with van der Waals surface area (Å²) in [6.45, 7) is 6.87. The Labute approximate surface area is 174 Å². The first-order chi connectivity index (χ1) is 13.7. The SMILES string of the molecule is CCCCCCCCCCCCCCCC=CC1=NCCN1CC=NC(C)N. The minimum atomic E-state index is -0.117. The molecule has 4 nitrogen and oxygen atoms in total. The highest BCUT2D eigenvalue weighted by molar-refractivity contribution is 5.95. The van der Waals surface area contributed by atoms with Crippen molar-refractivity contribution >= 4 is 12.1 Å². The summed E-state index contributed by atoms with van der Waals surface area (Å²) in [5.41, 5.74) is 5.65. The standard InChI is InChI=1S/C24H46N4/c1-3-4-5-6-7-8-9-10-11-12-13-14-15-16-17-18-24-27-20-22-28(24)21-19-26-23(2)25/h17-19,23H,3-16,20-22,25H2,1-2H3. The Morgan fingerprint density at radius 3 is 2.11 bits per heavy atom. The molecular weight excluding hydrogens is 344 g/mol. The highest BCUT2D eigenvalue weighted by Gasteiger charge is 2.12. The first-order valence-corrected chi connectivity index (χ1v) is 12.0. The van der Waals surface area contributed by atoms with Crippen LogP contribution in [0.15, 0.2) is 22.1 Å². The molecule has 28 heavy (non-hydrogen) atoms. The van der Waals surface area contributed by atoms with E-state index in [1.165, 1.54) is 89.9 Å². The number of amidine groups is 1. The molecule has 1 unspecified atom stereocenters. The molecule has 0 aliphatic carbocycles. The molecule has 1 atom stereocenters. The van der Waals surface area contributed by atoms with E-state index in [0.717, 1.165) is 25.5 Å². The van der Waals surface area contributed by atoms with Crippen molar-refractivity contribution in [1.29, 1.82) is 0 Å². The number of aliphatic imine (C=N–C) groups is 2. The van der Waals surface area contributed by atoms with Gasteiger partial charge in [0.25, 0.3) is 0 Å². The lowest BCUT2D eigenvalue weighted by atomic mass is 10.0. The zero-order chi connectivity index (χ0) is 20.3. The fourth-order valence-corrected chi connectivity index (χ4v) is 3.62. The molecule has 162 valence electrons. The number of rotatable bonds is 18. The number of hydrogen-bond donors (Lipinski definition) is 1. The third-order valence-electron chi connectivity index (χ3n) is 5.35. The smallest absolute Gasteiger partial charge is 0.123 e. The van der Waals surface area contributed by atoms with Gasteiger partial charge in [0.05, 0.1) is 19.3 Å². The molecule has 0 aromatic rings. The van der Waals surface area contributed by atoms with Gasteiger partial charge in [-0.05, 0) is 25.8 Å². The van der Waals surface area contributed by atoms with E-state index in [1.54, 1.807) is 0 Å². The Morgan fingerprint density at radius 1 is 0.964 bits per heavy atom. The van der Waals surface area contributed by atoms with Crippen LogP contribution < -0.4 is 5.73 Å². The molecule has 0 fully saturated rings. The number of nitrogens with zero attached hydrogens (tertiary/aromatic N) is 3. The first kappa shape index (κ1) is 24.9. The predicted octanol–water partition coefficient (Wildman–Crippen LogP) is 6.11. The van der Waals surface area contributed by atoms with Crippen molar-refractivity contribution in [2.24, 2.45) is 15.7 Å². The van der Waals surface area contributed by atoms with Crippen molar-refractivity contribution in [3.05, 3.63) is 12.2 Å². The molecule has 1 heterocycles. The van der Waals surface area contributed by atoms with Crippen LogP contribution >= 0.6 is 0 Å². The summed E-state index contributed by atoms with van der Waals surface area (Å²) in [5.74, 6) is 1.10. The van der Waals surface area contributed by atoms with Crippen molar-refractivity contribution in [1.82, 2.24) is 4.90 Å². The molecule has 1 aliphatic rings. The topological polar surface area (TPSA) is 54.0 Å². The van der Waals surface area contributed by atoms with Crippen LogP contribution in [0.4, 0.5) is 0 Å². The fourth-order valence-electron chi connectivity index (χ4n) is 3.62. The van der Waals surface area contributed by atoms with E-state index in [-0.39, 0.29) is 6.17 Å². The molecule has 1 rings (SSSR count). The number of allylic oxidation sites excluding steroid dienone is 1. The van der Waals surface area contributed by atoms with Gasteiger partial charge < -0.3 is 10.6 Å². The Kier molecular flexibility index (Phi) is 15.9. The molecule has 0 aromatic heterocycles. The first-order valence-electron chi connectivity index (χ1n) is 12.0. The van der Waals surface area contributed by atoms with E-state index in [4.69, 9.17) is 5.73 Å². The largest absolute Gasteiger partial charge is 0.350 e. The van der Waals surface area contributed by atoms with Crippen LogP contribution in [0.1, 0.15) is 104 Å². The summed E-state index contributed by atoms with van der Waals surface area (Å²) in [6.07, 6.45) is 25.8. The van der Waals surface area contributed by atoms with Crippen LogP contribution in [0.3, 0.4) is 0 Å². The van der Waals surface area contributed by atoms with E-state index < -0.39 is 0 Å². The normalized spacial score (nSPS) is 15.8. The third-order valence-corrected chi connectivity index (χ3v) is 5.35. The van der Waals surface area contributed by atoms with Crippen molar-refractivity contribution in [3.8, 4) is 0 Å². The predicted molar refractivity (Wildman–Crippen MR) is 125 cm³/mol. The Hall–Kier alpha value is -1.16. The molecule has 0 bridgehead atoms. The highest BCUT2D eigenvalue weighted by atomic mass is 15.2. The van der Waals surface area contributed by atoms with Gasteiger partial charge in [-0.2, -0.15) is 0 Å². The molecule has 0 radical (unpaired) electrons. The monoisotopic (exact) mass is 390 g/mol. The van der Waals surface area contributed by atoms with Crippen molar-refractivity contribution in [3.63, 3.8) is 0 Å². The van der Waals surface area contributed by atoms with Gasteiger partial charge in [0.1, 0.15) is 5.84 Å². The Balaban J connectivity index is 1.91. The average Bonchev–Trinajstić information content (AvgIpc) is 3.12. The maximum atomic E-state index is 5.65. The number of nitrogens with two attached hydrogens (primary N) is 1. The third kappa shape index (κ3) is 13.9. The van der Waals surface area contributed by atoms with E-state index >= 15 is 0 Å². The lowest BCUT2D eigenvalue weighted by Crippen LogP contribution is -2.28. The average molecular weight is 391 g/mol. The van der Waals surface area contributed by atoms with Gasteiger partial charge in [0, 0.05) is 12.8 Å². The van der Waals surface area contributed by atoms with Gasteiger partial charge in [-0.25, -0.2) is 0 Å². The van der Waals surface area contributed by atoms with Crippen molar-refractivity contribution in [2.45, 2.75) is 110 Å². The summed E-state index contributed by atoms with van der Waals surface area (Å²) in [7, 11) is 0. The van der Waals surface area contributed by atoms with Crippen LogP contribution in [0.2, 0.25) is 0 Å². The Bertz CT molecular complexity index is 440. The summed E-state index contributed by atoms with van der Waals surface area (Å²) in [4.78, 5) is 11.1. The van der Waals surface area contributed by atoms with Gasteiger partial charge in [-0.1, -0.05) is 90.0 Å². The lowest BCUT2D eigenvalue weighted by Gasteiger charge is -2.15. The minimum Gasteiger partial charge on any atom is -0.350 e. The summed E-state index contributed by atoms with van der Waals surface area (Å²) < 4.78 is 0. The van der Waals surface area contributed by atoms with Crippen LogP contribution in [0.25, 0.3) is 0 Å². The maximum Gasteiger partial charge on any atom is 0.123 e. The van der Waals surface area contributed by atoms with Crippen molar-refractivity contribution in [2.75, 3.05) is 19.6 Å². The fraction of sp³-hybridized carbons (Fsp3) is 0.833. The van der Waals surface area contributed by atoms with Gasteiger partial charge in [-0.3, -0.25) is 9.98 Å². The molecule has 0 saturated carbocycles. The second-order valence-electron chi connectivity index (χ2n) is 8.19. The number of hydrogen-bond acceptors (Lipinski definition) is 4. The molecule has 1 aliphatic heterocycles. The summed E-state index contributed by atoms with van der Waals surface area (Å²) in [6, 6.07) is 0. The summed E-state index contributed by atoms with van der Waals surface area (Å²) in [5, 5.41) is 0. The van der Waals surface area contributed by atoms with Crippen LogP contribution in [-0.4, -0.2) is 42.8 Å². The zero-order valence-electron chi connectivity index (χ0n) is 18.7. The molecule has 0 amide bonds. The zero-order valence-corrected chi connectivity index (χ0v) is 18.7. The van der Waals surface area contributed by atoms with E-state index in [1.807, 2.05) is 13.1 Å². The molecular formula is C24H46N4. The molecule has 0 aromatic carbocycles. The van der Waals surface area contributed by atoms with Gasteiger partial charge in [0.2, 0.25) is 0 Å². The van der Waals surface area contributed by atoms with Crippen LogP contribution in [0.5, 0.6) is 0 Å². The molecule has 0 saturated heterocycles. The second kappa shape index (κ2) is 17.9. The van der Waals surface area contributed by atoms with E-state index in [0.29, 0.717) is 0 Å². The van der Waals surface area contributed by atoms with E-state index in [2.05, 4.69) is 34.0 Å². The lowest BCUT2D eigenvalue weighted by molar-refractivity contribution is 0.525. The van der Waals surface area contributed by atoms with Crippen LogP contribution in [-0.2, 0) is 0 Å². The molecule has 0 spiro atoms. The van der Waals surface area contributed by atoms with Crippen LogP contribution in [0, 0.1) is 0 Å². The quantitative estimate of drug-likeness (QED) is 0.227. The maximum absolute atomic E-state index is 5.65. The summed E-state index contributed by atoms with van der Waals surface area (Å²) >= 11 is 0. The van der Waals surface area contributed by atoms with Gasteiger partial charge >= 0.3 is 0 Å².